The average molecular weight is 340 g/mol. The number of alkyl halides is 3. The third-order valence-electron chi connectivity index (χ3n) is 3.09. The molecule has 0 N–H and O–H groups in total. The van der Waals surface area contributed by atoms with E-state index >= 15 is 0 Å². The summed E-state index contributed by atoms with van der Waals surface area (Å²) in [7, 11) is 1.44. The Morgan fingerprint density at radius 3 is 2.17 bits per heavy atom. The maximum Gasteiger partial charge on any atom is 0.573 e. The Bertz CT molecular complexity index is 698. The Labute approximate surface area is 136 Å². The molecule has 7 heteroatoms. The summed E-state index contributed by atoms with van der Waals surface area (Å²) in [6.07, 6.45) is -4.83. The number of methoxy groups -OCH3 is 1. The number of aryl methyl sites for hydroxylation is 1. The summed E-state index contributed by atoms with van der Waals surface area (Å²) in [5.41, 5.74) is 0.270. The highest BCUT2D eigenvalue weighted by Crippen LogP contribution is 2.28. The number of hydrogen-bond acceptors (Lipinski definition) is 4. The number of para-hydroxylation sites is 3. The molecule has 128 valence electrons. The van der Waals surface area contributed by atoms with E-state index < -0.39 is 12.3 Å². The predicted molar refractivity (Wildman–Crippen MR) is 80.1 cm³/mol. The Morgan fingerprint density at radius 1 is 0.958 bits per heavy atom. The van der Waals surface area contributed by atoms with Crippen molar-refractivity contribution < 1.29 is 32.2 Å². The third-order valence-corrected chi connectivity index (χ3v) is 3.09. The van der Waals surface area contributed by atoms with Crippen molar-refractivity contribution in [3.63, 3.8) is 0 Å². The number of ether oxygens (including phenoxy) is 3. The summed E-state index contributed by atoms with van der Waals surface area (Å²) in [5, 5.41) is 0. The third kappa shape index (κ3) is 5.19. The number of rotatable bonds is 6. The summed E-state index contributed by atoms with van der Waals surface area (Å²) in [6, 6.07) is 12.3. The average Bonchev–Trinajstić information content (AvgIpc) is 2.53. The number of benzene rings is 2. The van der Waals surface area contributed by atoms with Gasteiger partial charge in [0.15, 0.2) is 11.5 Å². The van der Waals surface area contributed by atoms with Crippen LogP contribution < -0.4 is 14.2 Å². The molecule has 2 rings (SSSR count). The van der Waals surface area contributed by atoms with Crippen molar-refractivity contribution in [2.75, 3.05) is 7.11 Å². The van der Waals surface area contributed by atoms with Crippen molar-refractivity contribution >= 4 is 5.97 Å². The smallest absolute Gasteiger partial charge is 0.493 e. The molecule has 0 aliphatic carbocycles. The summed E-state index contributed by atoms with van der Waals surface area (Å²) < 4.78 is 51.3. The normalized spacial score (nSPS) is 11.0. The Morgan fingerprint density at radius 2 is 1.54 bits per heavy atom. The van der Waals surface area contributed by atoms with Crippen molar-refractivity contribution in [3.05, 3.63) is 54.1 Å². The summed E-state index contributed by atoms with van der Waals surface area (Å²) >= 11 is 0. The van der Waals surface area contributed by atoms with Crippen LogP contribution in [0.3, 0.4) is 0 Å². The van der Waals surface area contributed by atoms with Crippen LogP contribution in [0.25, 0.3) is 0 Å². The van der Waals surface area contributed by atoms with Gasteiger partial charge in [0.2, 0.25) is 0 Å². The van der Waals surface area contributed by atoms with Gasteiger partial charge in [-0.15, -0.1) is 13.2 Å². The van der Waals surface area contributed by atoms with Gasteiger partial charge in [-0.1, -0.05) is 30.3 Å². The molecule has 0 radical (unpaired) electrons. The van der Waals surface area contributed by atoms with E-state index in [0.717, 1.165) is 0 Å². The zero-order chi connectivity index (χ0) is 17.6. The van der Waals surface area contributed by atoms with Crippen LogP contribution in [0.2, 0.25) is 0 Å². The van der Waals surface area contributed by atoms with E-state index in [1.165, 1.54) is 25.3 Å². The number of halogens is 3. The quantitative estimate of drug-likeness (QED) is 0.586. The lowest BCUT2D eigenvalue weighted by Crippen LogP contribution is -2.18. The highest BCUT2D eigenvalue weighted by molar-refractivity contribution is 5.73. The van der Waals surface area contributed by atoms with Crippen molar-refractivity contribution in [3.8, 4) is 17.2 Å². The maximum atomic E-state index is 12.4. The minimum atomic E-state index is -4.78. The first-order valence-electron chi connectivity index (χ1n) is 7.06. The second-order valence-corrected chi connectivity index (χ2v) is 4.78. The molecule has 24 heavy (non-hydrogen) atoms. The van der Waals surface area contributed by atoms with Crippen LogP contribution in [0.5, 0.6) is 17.2 Å². The fourth-order valence-corrected chi connectivity index (χ4v) is 2.05. The van der Waals surface area contributed by atoms with E-state index in [1.807, 2.05) is 0 Å². The highest BCUT2D eigenvalue weighted by Gasteiger charge is 2.32. The molecule has 0 fully saturated rings. The van der Waals surface area contributed by atoms with Gasteiger partial charge in [0, 0.05) is 0 Å². The van der Waals surface area contributed by atoms with Crippen LogP contribution in [-0.4, -0.2) is 19.4 Å². The first kappa shape index (κ1) is 17.7. The van der Waals surface area contributed by atoms with Crippen molar-refractivity contribution in [1.82, 2.24) is 0 Å². The van der Waals surface area contributed by atoms with Crippen LogP contribution in [0.1, 0.15) is 12.0 Å². The van der Waals surface area contributed by atoms with E-state index in [9.17, 15) is 18.0 Å². The Kier molecular flexibility index (Phi) is 5.68. The minimum absolute atomic E-state index is 0.0558. The molecule has 0 heterocycles. The molecule has 0 aliphatic rings. The van der Waals surface area contributed by atoms with Crippen LogP contribution in [0.15, 0.2) is 48.5 Å². The van der Waals surface area contributed by atoms with Crippen molar-refractivity contribution in [2.45, 2.75) is 19.2 Å². The zero-order valence-electron chi connectivity index (χ0n) is 12.8. The molecule has 0 saturated carbocycles. The van der Waals surface area contributed by atoms with Gasteiger partial charge in [-0.3, -0.25) is 4.79 Å². The number of carbonyl (C=O) groups is 1. The molecule has 0 amide bonds. The zero-order valence-corrected chi connectivity index (χ0v) is 12.8. The lowest BCUT2D eigenvalue weighted by Gasteiger charge is -2.13. The Hall–Kier alpha value is -2.70. The first-order chi connectivity index (χ1) is 11.4. The molecular weight excluding hydrogens is 325 g/mol. The molecule has 0 unspecified atom stereocenters. The molecule has 0 saturated heterocycles. The minimum Gasteiger partial charge on any atom is -0.493 e. The van der Waals surface area contributed by atoms with Gasteiger partial charge in [-0.05, 0) is 30.2 Å². The molecule has 4 nitrogen and oxygen atoms in total. The van der Waals surface area contributed by atoms with Gasteiger partial charge in [0.25, 0.3) is 0 Å². The van der Waals surface area contributed by atoms with Gasteiger partial charge in [-0.25, -0.2) is 0 Å². The van der Waals surface area contributed by atoms with E-state index in [-0.39, 0.29) is 29.9 Å². The monoisotopic (exact) mass is 340 g/mol. The standard InChI is InChI=1S/C17H15F3O4/c1-22-14-8-4-5-9-15(14)23-16(21)11-10-12-6-2-3-7-13(12)24-17(18,19)20/h2-9H,10-11H2,1H3. The van der Waals surface area contributed by atoms with Gasteiger partial charge in [0.05, 0.1) is 13.5 Å². The molecule has 2 aromatic rings. The largest absolute Gasteiger partial charge is 0.573 e. The van der Waals surface area contributed by atoms with Crippen molar-refractivity contribution in [1.29, 1.82) is 0 Å². The topological polar surface area (TPSA) is 44.8 Å². The van der Waals surface area contributed by atoms with Crippen LogP contribution in [0.4, 0.5) is 13.2 Å². The van der Waals surface area contributed by atoms with Crippen molar-refractivity contribution in [2.24, 2.45) is 0 Å². The van der Waals surface area contributed by atoms with Gasteiger partial charge < -0.3 is 14.2 Å². The summed E-state index contributed by atoms with van der Waals surface area (Å²) in [4.78, 5) is 11.9. The predicted octanol–water partition coefficient (Wildman–Crippen LogP) is 4.13. The van der Waals surface area contributed by atoms with Crippen LogP contribution in [-0.2, 0) is 11.2 Å². The number of carbonyl (C=O) groups excluding carboxylic acids is 1. The van der Waals surface area contributed by atoms with E-state index in [1.54, 1.807) is 30.3 Å². The molecule has 0 bridgehead atoms. The number of esters is 1. The van der Waals surface area contributed by atoms with Gasteiger partial charge in [0.1, 0.15) is 5.75 Å². The molecular formula is C17H15F3O4. The molecule has 0 spiro atoms. The first-order valence-corrected chi connectivity index (χ1v) is 7.06. The Balaban J connectivity index is 1.99. The van der Waals surface area contributed by atoms with Crippen LogP contribution in [0, 0.1) is 0 Å². The second kappa shape index (κ2) is 7.72. The van der Waals surface area contributed by atoms with E-state index in [4.69, 9.17) is 9.47 Å². The van der Waals surface area contributed by atoms with E-state index in [2.05, 4.69) is 4.74 Å². The fraction of sp³-hybridized carbons (Fsp3) is 0.235. The SMILES string of the molecule is COc1ccccc1OC(=O)CCc1ccccc1OC(F)(F)F. The lowest BCUT2D eigenvalue weighted by atomic mass is 10.1. The van der Waals surface area contributed by atoms with E-state index in [0.29, 0.717) is 5.75 Å². The maximum absolute atomic E-state index is 12.4. The molecule has 2 aromatic carbocycles. The van der Waals surface area contributed by atoms with Crippen LogP contribution >= 0.6 is 0 Å². The molecule has 0 atom stereocenters. The number of hydrogen-bond donors (Lipinski definition) is 0. The lowest BCUT2D eigenvalue weighted by molar-refractivity contribution is -0.274. The molecule has 0 aromatic heterocycles. The summed E-state index contributed by atoms with van der Waals surface area (Å²) in [5.74, 6) is -0.257. The van der Waals surface area contributed by atoms with Gasteiger partial charge in [-0.2, -0.15) is 0 Å². The fourth-order valence-electron chi connectivity index (χ4n) is 2.05. The highest BCUT2D eigenvalue weighted by atomic mass is 19.4. The van der Waals surface area contributed by atoms with Gasteiger partial charge >= 0.3 is 12.3 Å². The summed E-state index contributed by atoms with van der Waals surface area (Å²) in [6.45, 7) is 0. The second-order valence-electron chi connectivity index (χ2n) is 4.78. The molecule has 0 aliphatic heterocycles.